The Hall–Kier alpha value is -2.04. The molecule has 1 aromatic rings. The number of hydrogen-bond acceptors (Lipinski definition) is 3. The molecule has 2 N–H and O–H groups in total. The van der Waals surface area contributed by atoms with Crippen molar-refractivity contribution in [3.8, 4) is 5.75 Å². The van der Waals surface area contributed by atoms with E-state index in [1.54, 1.807) is 18.2 Å². The monoisotopic (exact) mass is 263 g/mol. The molecule has 19 heavy (non-hydrogen) atoms. The number of benzene rings is 1. The van der Waals surface area contributed by atoms with Crippen molar-refractivity contribution in [2.24, 2.45) is 11.8 Å². The number of carbonyl (C=O) groups excluding carboxylic acids is 1. The molecule has 1 aliphatic rings. The van der Waals surface area contributed by atoms with Gasteiger partial charge in [-0.1, -0.05) is 19.1 Å². The summed E-state index contributed by atoms with van der Waals surface area (Å²) in [5.41, 5.74) is 0.893. The Balaban J connectivity index is 1.84. The zero-order valence-electron chi connectivity index (χ0n) is 10.8. The molecule has 0 heterocycles. The lowest BCUT2D eigenvalue weighted by atomic mass is 10.2. The van der Waals surface area contributed by atoms with Gasteiger partial charge in [0.2, 0.25) is 5.91 Å². The largest absolute Gasteiger partial charge is 0.482 e. The van der Waals surface area contributed by atoms with E-state index in [4.69, 9.17) is 9.84 Å². The zero-order chi connectivity index (χ0) is 13.8. The van der Waals surface area contributed by atoms with E-state index in [0.29, 0.717) is 18.2 Å². The normalized spacial score (nSPS) is 20.7. The molecule has 0 spiro atoms. The molecule has 0 aromatic heterocycles. The maximum absolute atomic E-state index is 11.7. The van der Waals surface area contributed by atoms with Gasteiger partial charge in [-0.25, -0.2) is 4.79 Å². The van der Waals surface area contributed by atoms with Crippen molar-refractivity contribution in [3.63, 3.8) is 0 Å². The maximum Gasteiger partial charge on any atom is 0.341 e. The lowest BCUT2D eigenvalue weighted by Crippen LogP contribution is -2.24. The number of carbonyl (C=O) groups is 2. The van der Waals surface area contributed by atoms with E-state index in [0.717, 1.165) is 12.0 Å². The molecule has 1 fully saturated rings. The average Bonchev–Trinajstić information content (AvgIpc) is 3.11. The highest BCUT2D eigenvalue weighted by atomic mass is 16.5. The van der Waals surface area contributed by atoms with Crippen molar-refractivity contribution in [2.45, 2.75) is 19.9 Å². The first-order chi connectivity index (χ1) is 9.06. The first-order valence-corrected chi connectivity index (χ1v) is 6.27. The molecule has 0 aliphatic heterocycles. The minimum atomic E-state index is -1.01. The number of nitrogens with one attached hydrogen (secondary N) is 1. The third-order valence-electron chi connectivity index (χ3n) is 3.17. The van der Waals surface area contributed by atoms with Crippen molar-refractivity contribution >= 4 is 11.9 Å². The topological polar surface area (TPSA) is 75.6 Å². The van der Waals surface area contributed by atoms with Crippen molar-refractivity contribution in [3.05, 3.63) is 29.8 Å². The summed E-state index contributed by atoms with van der Waals surface area (Å²) in [6.45, 7) is 2.13. The summed E-state index contributed by atoms with van der Waals surface area (Å²) in [5, 5.41) is 11.4. The van der Waals surface area contributed by atoms with Crippen LogP contribution in [0.3, 0.4) is 0 Å². The third kappa shape index (κ3) is 3.98. The molecule has 2 rings (SSSR count). The fourth-order valence-electron chi connectivity index (χ4n) is 1.90. The first kappa shape index (κ1) is 13.4. The van der Waals surface area contributed by atoms with Crippen LogP contribution in [0.15, 0.2) is 24.3 Å². The number of aliphatic carboxylic acids is 1. The van der Waals surface area contributed by atoms with Gasteiger partial charge in [0.25, 0.3) is 0 Å². The molecule has 0 bridgehead atoms. The number of amides is 1. The van der Waals surface area contributed by atoms with Gasteiger partial charge in [-0.15, -0.1) is 0 Å². The van der Waals surface area contributed by atoms with Gasteiger partial charge in [-0.05, 0) is 30.0 Å². The Labute approximate surface area is 111 Å². The Morgan fingerprint density at radius 1 is 1.47 bits per heavy atom. The fraction of sp³-hybridized carbons (Fsp3) is 0.429. The summed E-state index contributed by atoms with van der Waals surface area (Å²) in [6, 6.07) is 7.07. The molecule has 1 amide bonds. The van der Waals surface area contributed by atoms with Gasteiger partial charge < -0.3 is 15.2 Å². The second kappa shape index (κ2) is 5.73. The predicted octanol–water partition coefficient (Wildman–Crippen LogP) is 1.42. The van der Waals surface area contributed by atoms with Crippen molar-refractivity contribution in [2.75, 3.05) is 6.61 Å². The van der Waals surface area contributed by atoms with Gasteiger partial charge in [0.05, 0.1) is 0 Å². The summed E-state index contributed by atoms with van der Waals surface area (Å²) in [7, 11) is 0. The lowest BCUT2D eigenvalue weighted by Gasteiger charge is -2.07. The second-order valence-corrected chi connectivity index (χ2v) is 4.87. The first-order valence-electron chi connectivity index (χ1n) is 6.27. The van der Waals surface area contributed by atoms with Gasteiger partial charge in [0.15, 0.2) is 6.61 Å². The zero-order valence-corrected chi connectivity index (χ0v) is 10.8. The highest BCUT2D eigenvalue weighted by molar-refractivity contribution is 5.81. The predicted molar refractivity (Wildman–Crippen MR) is 68.7 cm³/mol. The Morgan fingerprint density at radius 3 is 2.84 bits per heavy atom. The van der Waals surface area contributed by atoms with E-state index in [1.165, 1.54) is 0 Å². The molecule has 0 radical (unpaired) electrons. The fourth-order valence-corrected chi connectivity index (χ4v) is 1.90. The van der Waals surface area contributed by atoms with Crippen LogP contribution in [0.25, 0.3) is 0 Å². The number of carboxylic acid groups (broad SMARTS) is 1. The van der Waals surface area contributed by atoms with Crippen molar-refractivity contribution in [1.29, 1.82) is 0 Å². The summed E-state index contributed by atoms with van der Waals surface area (Å²) in [5.74, 6) is 0.219. The Bertz CT molecular complexity index is 486. The molecule has 5 heteroatoms. The van der Waals surface area contributed by atoms with Crippen LogP contribution in [-0.2, 0) is 16.1 Å². The van der Waals surface area contributed by atoms with Crippen molar-refractivity contribution in [1.82, 2.24) is 5.32 Å². The molecular formula is C14H17NO4. The molecular weight excluding hydrogens is 246 g/mol. The van der Waals surface area contributed by atoms with E-state index in [-0.39, 0.29) is 18.4 Å². The molecule has 2 atom stereocenters. The number of rotatable bonds is 6. The molecule has 0 unspecified atom stereocenters. The third-order valence-corrected chi connectivity index (χ3v) is 3.17. The van der Waals surface area contributed by atoms with E-state index < -0.39 is 5.97 Å². The molecule has 1 aliphatic carbocycles. The van der Waals surface area contributed by atoms with E-state index in [9.17, 15) is 9.59 Å². The van der Waals surface area contributed by atoms with Crippen LogP contribution in [0.1, 0.15) is 18.9 Å². The van der Waals surface area contributed by atoms with Crippen LogP contribution >= 0.6 is 0 Å². The average molecular weight is 263 g/mol. The quantitative estimate of drug-likeness (QED) is 0.814. The van der Waals surface area contributed by atoms with E-state index >= 15 is 0 Å². The van der Waals surface area contributed by atoms with Crippen LogP contribution in [-0.4, -0.2) is 23.6 Å². The Kier molecular flexibility index (Phi) is 4.04. The van der Waals surface area contributed by atoms with Gasteiger partial charge in [-0.2, -0.15) is 0 Å². The van der Waals surface area contributed by atoms with Gasteiger partial charge in [0, 0.05) is 12.5 Å². The lowest BCUT2D eigenvalue weighted by molar-refractivity contribution is -0.139. The molecule has 1 saturated carbocycles. The minimum absolute atomic E-state index is 0.0874. The van der Waals surface area contributed by atoms with Crippen LogP contribution in [0.2, 0.25) is 0 Å². The standard InChI is InChI=1S/C14H17NO4/c1-9-5-12(9)14(18)15-7-10-3-2-4-11(6-10)19-8-13(16)17/h2-4,6,9,12H,5,7-8H2,1H3,(H,15,18)(H,16,17)/t9-,12+/m0/s1. The van der Waals surface area contributed by atoms with E-state index in [2.05, 4.69) is 12.2 Å². The van der Waals surface area contributed by atoms with Crippen LogP contribution in [0.4, 0.5) is 0 Å². The smallest absolute Gasteiger partial charge is 0.341 e. The minimum Gasteiger partial charge on any atom is -0.482 e. The highest BCUT2D eigenvalue weighted by Crippen LogP contribution is 2.37. The summed E-state index contributed by atoms with van der Waals surface area (Å²) in [6.07, 6.45) is 0.966. The van der Waals surface area contributed by atoms with Gasteiger partial charge in [-0.3, -0.25) is 4.79 Å². The van der Waals surface area contributed by atoms with Crippen LogP contribution < -0.4 is 10.1 Å². The molecule has 1 aromatic carbocycles. The van der Waals surface area contributed by atoms with E-state index in [1.807, 2.05) is 6.07 Å². The summed E-state index contributed by atoms with van der Waals surface area (Å²) >= 11 is 0. The number of ether oxygens (including phenoxy) is 1. The molecule has 0 saturated heterocycles. The molecule has 5 nitrogen and oxygen atoms in total. The van der Waals surface area contributed by atoms with Crippen molar-refractivity contribution < 1.29 is 19.4 Å². The summed E-state index contributed by atoms with van der Waals surface area (Å²) < 4.78 is 5.08. The molecule has 102 valence electrons. The Morgan fingerprint density at radius 2 is 2.21 bits per heavy atom. The van der Waals surface area contributed by atoms with Gasteiger partial charge in [0.1, 0.15) is 5.75 Å². The summed E-state index contributed by atoms with van der Waals surface area (Å²) in [4.78, 5) is 22.1. The van der Waals surface area contributed by atoms with Crippen LogP contribution in [0, 0.1) is 11.8 Å². The maximum atomic E-state index is 11.7. The van der Waals surface area contributed by atoms with Crippen LogP contribution in [0.5, 0.6) is 5.75 Å². The number of hydrogen-bond donors (Lipinski definition) is 2. The second-order valence-electron chi connectivity index (χ2n) is 4.87. The number of carboxylic acids is 1. The highest BCUT2D eigenvalue weighted by Gasteiger charge is 2.38. The van der Waals surface area contributed by atoms with Gasteiger partial charge >= 0.3 is 5.97 Å². The SMILES string of the molecule is C[C@H]1C[C@H]1C(=O)NCc1cccc(OCC(=O)O)c1.